The first-order valence-corrected chi connectivity index (χ1v) is 17.3. The Hall–Kier alpha value is -2.46. The molecule has 0 saturated carbocycles. The SMILES string of the molecule is CCOP(=O)(OCC)C(C[C@]1(c2ccc(F)cc2)C(=O)N(C(=O)OC(C)(C)C)c2ccc(F)cc21)P(=O)(OCC)OCC. The summed E-state index contributed by atoms with van der Waals surface area (Å²) in [7, 11) is -8.86. The Morgan fingerprint density at radius 1 is 0.837 bits per heavy atom. The summed E-state index contributed by atoms with van der Waals surface area (Å²) in [6.07, 6.45) is -1.71. The van der Waals surface area contributed by atoms with Gasteiger partial charge in [-0.15, -0.1) is 0 Å². The highest BCUT2D eigenvalue weighted by Gasteiger charge is 2.62. The third kappa shape index (κ3) is 7.11. The number of amides is 2. The van der Waals surface area contributed by atoms with Crippen LogP contribution in [0.3, 0.4) is 0 Å². The first-order valence-electron chi connectivity index (χ1n) is 14.0. The number of imide groups is 1. The van der Waals surface area contributed by atoms with Gasteiger partial charge in [0, 0.05) is 0 Å². The average molecular weight is 646 g/mol. The molecule has 238 valence electrons. The van der Waals surface area contributed by atoms with Gasteiger partial charge in [0.15, 0.2) is 5.40 Å². The second-order valence-electron chi connectivity index (χ2n) is 10.6. The molecule has 10 nitrogen and oxygen atoms in total. The number of benzene rings is 2. The van der Waals surface area contributed by atoms with Crippen molar-refractivity contribution < 1.29 is 50.3 Å². The Morgan fingerprint density at radius 3 is 1.74 bits per heavy atom. The zero-order valence-corrected chi connectivity index (χ0v) is 27.2. The summed E-state index contributed by atoms with van der Waals surface area (Å²) in [5.41, 5.74) is -3.03. The molecule has 2 amide bonds. The van der Waals surface area contributed by atoms with Crippen LogP contribution >= 0.6 is 15.2 Å². The molecule has 1 aliphatic heterocycles. The highest BCUT2D eigenvalue weighted by molar-refractivity contribution is 7.72. The maximum Gasteiger partial charge on any atom is 0.421 e. The zero-order valence-electron chi connectivity index (χ0n) is 25.4. The van der Waals surface area contributed by atoms with E-state index >= 15 is 0 Å². The van der Waals surface area contributed by atoms with Crippen LogP contribution in [0.4, 0.5) is 19.3 Å². The highest BCUT2D eigenvalue weighted by Crippen LogP contribution is 2.73. The van der Waals surface area contributed by atoms with Crippen molar-refractivity contribution in [3.8, 4) is 0 Å². The molecule has 1 heterocycles. The van der Waals surface area contributed by atoms with Crippen molar-refractivity contribution in [2.24, 2.45) is 0 Å². The Bertz CT molecular complexity index is 1360. The van der Waals surface area contributed by atoms with Crippen molar-refractivity contribution in [2.75, 3.05) is 31.3 Å². The number of halogens is 2. The number of anilines is 1. The average Bonchev–Trinajstić information content (AvgIpc) is 3.14. The molecule has 14 heteroatoms. The minimum atomic E-state index is -4.43. The van der Waals surface area contributed by atoms with E-state index in [0.717, 1.165) is 29.2 Å². The molecular weight excluding hydrogens is 606 g/mol. The molecule has 2 aromatic carbocycles. The lowest BCUT2D eigenvalue weighted by atomic mass is 9.73. The molecule has 0 radical (unpaired) electrons. The number of carbonyl (C=O) groups is 2. The van der Waals surface area contributed by atoms with Gasteiger partial charge in [-0.25, -0.2) is 18.5 Å². The van der Waals surface area contributed by atoms with Gasteiger partial charge in [0.2, 0.25) is 0 Å². The molecular formula is C29H39F2NO9P2. The van der Waals surface area contributed by atoms with Crippen LogP contribution in [0, 0.1) is 11.6 Å². The molecule has 0 aliphatic carbocycles. The van der Waals surface area contributed by atoms with Crippen molar-refractivity contribution in [3.05, 3.63) is 65.2 Å². The molecule has 0 aromatic heterocycles. The predicted molar refractivity (Wildman–Crippen MR) is 157 cm³/mol. The topological polar surface area (TPSA) is 118 Å². The fraction of sp³-hybridized carbons (Fsp3) is 0.517. The van der Waals surface area contributed by atoms with Crippen molar-refractivity contribution in [1.29, 1.82) is 0 Å². The van der Waals surface area contributed by atoms with Gasteiger partial charge in [-0.05, 0) is 96.3 Å². The minimum absolute atomic E-state index is 0.0194. The number of nitrogens with zero attached hydrogens (tertiary/aromatic N) is 1. The Labute approximate surface area is 251 Å². The zero-order chi connectivity index (χ0) is 32.2. The maximum absolute atomic E-state index is 15.0. The van der Waals surface area contributed by atoms with Crippen molar-refractivity contribution in [3.63, 3.8) is 0 Å². The van der Waals surface area contributed by atoms with E-state index in [9.17, 15) is 27.5 Å². The lowest BCUT2D eigenvalue weighted by Crippen LogP contribution is -2.47. The quantitative estimate of drug-likeness (QED) is 0.201. The molecule has 0 bridgehead atoms. The molecule has 3 rings (SSSR count). The standard InChI is InChI=1S/C29H39F2NO9P2/c1-8-37-42(35,38-9-2)25(43(36,39-10-3)40-11-4)19-29(20-12-14-21(30)15-13-20)23-18-22(31)16-17-24(23)32(26(29)33)27(34)41-28(5,6)7/h12-18,25H,8-11,19H2,1-7H3/t29-/m1/s1. The number of rotatable bonds is 13. The van der Waals surface area contributed by atoms with Gasteiger partial charge in [0.25, 0.3) is 5.91 Å². The van der Waals surface area contributed by atoms with E-state index in [1.165, 1.54) is 18.2 Å². The van der Waals surface area contributed by atoms with Crippen LogP contribution in [-0.4, -0.2) is 49.4 Å². The first kappa shape index (κ1) is 35.0. The third-order valence-corrected chi connectivity index (χ3v) is 12.6. The van der Waals surface area contributed by atoms with E-state index in [1.807, 2.05) is 0 Å². The summed E-state index contributed by atoms with van der Waals surface area (Å²) in [6, 6.07) is 8.11. The van der Waals surface area contributed by atoms with Gasteiger partial charge in [-0.1, -0.05) is 12.1 Å². The largest absolute Gasteiger partial charge is 0.443 e. The molecule has 43 heavy (non-hydrogen) atoms. The van der Waals surface area contributed by atoms with Gasteiger partial charge in [0.1, 0.15) is 22.7 Å². The summed E-state index contributed by atoms with van der Waals surface area (Å²) >= 11 is 0. The van der Waals surface area contributed by atoms with Crippen LogP contribution < -0.4 is 4.90 Å². The fourth-order valence-electron chi connectivity index (χ4n) is 5.09. The van der Waals surface area contributed by atoms with Crippen LogP contribution in [0.5, 0.6) is 0 Å². The number of hydrogen-bond donors (Lipinski definition) is 0. The molecule has 0 spiro atoms. The Balaban J connectivity index is 2.44. The van der Waals surface area contributed by atoms with Gasteiger partial charge >= 0.3 is 21.3 Å². The first-order chi connectivity index (χ1) is 20.1. The Morgan fingerprint density at radius 2 is 1.30 bits per heavy atom. The summed E-state index contributed by atoms with van der Waals surface area (Å²) in [5, 5.41) is -1.73. The van der Waals surface area contributed by atoms with Crippen LogP contribution in [0.15, 0.2) is 42.5 Å². The molecule has 1 atom stereocenters. The molecule has 1 aliphatic rings. The van der Waals surface area contributed by atoms with Crippen LogP contribution in [0.2, 0.25) is 0 Å². The van der Waals surface area contributed by atoms with E-state index in [-0.39, 0.29) is 43.2 Å². The van der Waals surface area contributed by atoms with E-state index in [0.29, 0.717) is 0 Å². The second kappa shape index (κ2) is 13.7. The van der Waals surface area contributed by atoms with Gasteiger partial charge < -0.3 is 22.8 Å². The molecule has 0 fully saturated rings. The van der Waals surface area contributed by atoms with Crippen molar-refractivity contribution in [2.45, 2.75) is 71.3 Å². The monoisotopic (exact) mass is 645 g/mol. The number of hydrogen-bond acceptors (Lipinski definition) is 9. The number of carbonyl (C=O) groups excluding carboxylic acids is 2. The Kier molecular flexibility index (Phi) is 11.1. The van der Waals surface area contributed by atoms with E-state index in [2.05, 4.69) is 0 Å². The lowest BCUT2D eigenvalue weighted by molar-refractivity contribution is -0.121. The van der Waals surface area contributed by atoms with Gasteiger partial charge in [-0.3, -0.25) is 13.9 Å². The predicted octanol–water partition coefficient (Wildman–Crippen LogP) is 7.78. The van der Waals surface area contributed by atoms with E-state index in [4.69, 9.17) is 22.8 Å². The maximum atomic E-state index is 15.0. The second-order valence-corrected chi connectivity index (χ2v) is 15.5. The smallest absolute Gasteiger partial charge is 0.421 e. The van der Waals surface area contributed by atoms with Crippen molar-refractivity contribution in [1.82, 2.24) is 0 Å². The summed E-state index contributed by atoms with van der Waals surface area (Å²) in [4.78, 5) is 28.9. The van der Waals surface area contributed by atoms with E-state index < -0.39 is 61.7 Å². The van der Waals surface area contributed by atoms with Gasteiger partial charge in [-0.2, -0.15) is 0 Å². The molecule has 0 unspecified atom stereocenters. The molecule has 0 N–H and O–H groups in total. The highest BCUT2D eigenvalue weighted by atomic mass is 31.2. The van der Waals surface area contributed by atoms with E-state index in [1.54, 1.807) is 48.5 Å². The summed E-state index contributed by atoms with van der Waals surface area (Å²) < 4.78 is 86.1. The van der Waals surface area contributed by atoms with Crippen molar-refractivity contribution >= 4 is 32.9 Å². The van der Waals surface area contributed by atoms with Gasteiger partial charge in [0.05, 0.1) is 32.1 Å². The van der Waals surface area contributed by atoms with Crippen LogP contribution in [0.1, 0.15) is 66.0 Å². The van der Waals surface area contributed by atoms with Crippen LogP contribution in [0.25, 0.3) is 0 Å². The lowest BCUT2D eigenvalue weighted by Gasteiger charge is -2.37. The summed E-state index contributed by atoms with van der Waals surface area (Å²) in [5.74, 6) is -2.32. The fourth-order valence-corrected chi connectivity index (χ4v) is 10.5. The minimum Gasteiger partial charge on any atom is -0.443 e. The molecule has 2 aromatic rings. The summed E-state index contributed by atoms with van der Waals surface area (Å²) in [6.45, 7) is 10.6. The number of fused-ring (bicyclic) bond motifs is 1. The normalized spacial score (nSPS) is 17.4. The van der Waals surface area contributed by atoms with Crippen LogP contribution in [-0.2, 0) is 42.2 Å². The third-order valence-electron chi connectivity index (χ3n) is 6.60. The molecule has 0 saturated heterocycles. The number of ether oxygens (including phenoxy) is 1.